The van der Waals surface area contributed by atoms with Crippen molar-refractivity contribution < 1.29 is 18.3 Å². The summed E-state index contributed by atoms with van der Waals surface area (Å²) < 4.78 is 38.9. The molecule has 0 aromatic heterocycles. The predicted molar refractivity (Wildman–Crippen MR) is 67.8 cm³/mol. The normalized spacial score (nSPS) is 20.3. The van der Waals surface area contributed by atoms with Crippen molar-refractivity contribution in [1.29, 1.82) is 0 Å². The quantitative estimate of drug-likeness (QED) is 0.918. The van der Waals surface area contributed by atoms with E-state index in [1.54, 1.807) is 6.92 Å². The second-order valence-corrected chi connectivity index (χ2v) is 4.95. The first-order chi connectivity index (χ1) is 9.02. The second kappa shape index (κ2) is 5.53. The first kappa shape index (κ1) is 14.4. The van der Waals surface area contributed by atoms with Gasteiger partial charge in [0.15, 0.2) is 0 Å². The average Bonchev–Trinajstić information content (AvgIpc) is 2.44. The molecule has 0 radical (unpaired) electrons. The van der Waals surface area contributed by atoms with Gasteiger partial charge in [0.25, 0.3) is 0 Å². The van der Waals surface area contributed by atoms with E-state index < -0.39 is 23.3 Å². The average molecular weight is 271 g/mol. The summed E-state index contributed by atoms with van der Waals surface area (Å²) in [5.74, 6) is -1.21. The molecule has 1 heterocycles. The van der Waals surface area contributed by atoms with Gasteiger partial charge in [0.1, 0.15) is 11.6 Å². The number of benzene rings is 1. The van der Waals surface area contributed by atoms with Gasteiger partial charge in [-0.1, -0.05) is 6.07 Å². The molecule has 0 saturated carbocycles. The van der Waals surface area contributed by atoms with Crippen LogP contribution in [0.3, 0.4) is 0 Å². The summed E-state index contributed by atoms with van der Waals surface area (Å²) in [5.41, 5.74) is 5.64. The molecule has 3 nitrogen and oxygen atoms in total. The largest absolute Gasteiger partial charge is 0.381 e. The van der Waals surface area contributed by atoms with Crippen LogP contribution < -0.4 is 5.73 Å². The van der Waals surface area contributed by atoms with Crippen molar-refractivity contribution in [2.45, 2.75) is 31.4 Å². The van der Waals surface area contributed by atoms with Crippen LogP contribution >= 0.6 is 0 Å². The molecule has 1 aromatic carbocycles. The van der Waals surface area contributed by atoms with Crippen molar-refractivity contribution >= 4 is 0 Å². The lowest BCUT2D eigenvalue weighted by atomic mass is 9.82. The summed E-state index contributed by atoms with van der Waals surface area (Å²) in [6.45, 7) is 2.56. The van der Waals surface area contributed by atoms with Gasteiger partial charge in [-0.25, -0.2) is 8.78 Å². The van der Waals surface area contributed by atoms with Crippen LogP contribution in [-0.4, -0.2) is 25.9 Å². The second-order valence-electron chi connectivity index (χ2n) is 4.95. The molecule has 1 saturated heterocycles. The fourth-order valence-corrected chi connectivity index (χ4v) is 2.59. The van der Waals surface area contributed by atoms with Crippen LogP contribution in [0, 0.1) is 18.6 Å². The van der Waals surface area contributed by atoms with Crippen LogP contribution in [0.25, 0.3) is 0 Å². The van der Waals surface area contributed by atoms with E-state index in [1.165, 1.54) is 19.2 Å². The van der Waals surface area contributed by atoms with Gasteiger partial charge in [-0.05, 0) is 18.6 Å². The van der Waals surface area contributed by atoms with Gasteiger partial charge >= 0.3 is 0 Å². The molecule has 2 rings (SSSR count). The summed E-state index contributed by atoms with van der Waals surface area (Å²) in [4.78, 5) is 0. The minimum Gasteiger partial charge on any atom is -0.381 e. The van der Waals surface area contributed by atoms with Crippen LogP contribution in [0.1, 0.15) is 30.0 Å². The third-order valence-corrected chi connectivity index (χ3v) is 3.94. The standard InChI is InChI=1S/C14H19F2NO2/c1-9-3-4-10(15)11(12(9)16)13(17)14(18-2)5-7-19-8-6-14/h3-4,13H,5-8,17H2,1-2H3. The lowest BCUT2D eigenvalue weighted by Gasteiger charge is -2.40. The van der Waals surface area contributed by atoms with Crippen LogP contribution in [0.5, 0.6) is 0 Å². The predicted octanol–water partition coefficient (Wildman–Crippen LogP) is 2.47. The highest BCUT2D eigenvalue weighted by Crippen LogP contribution is 2.38. The van der Waals surface area contributed by atoms with Crippen molar-refractivity contribution in [2.24, 2.45) is 5.73 Å². The molecule has 1 unspecified atom stereocenters. The zero-order valence-electron chi connectivity index (χ0n) is 11.2. The summed E-state index contributed by atoms with van der Waals surface area (Å²) in [7, 11) is 1.52. The lowest BCUT2D eigenvalue weighted by Crippen LogP contribution is -2.48. The maximum Gasteiger partial charge on any atom is 0.133 e. The van der Waals surface area contributed by atoms with E-state index in [9.17, 15) is 8.78 Å². The number of rotatable bonds is 3. The van der Waals surface area contributed by atoms with Crippen LogP contribution in [-0.2, 0) is 9.47 Å². The molecule has 1 aromatic rings. The Kier molecular flexibility index (Phi) is 4.18. The minimum absolute atomic E-state index is 0.0937. The maximum absolute atomic E-state index is 14.2. The van der Waals surface area contributed by atoms with Crippen molar-refractivity contribution in [1.82, 2.24) is 0 Å². The third kappa shape index (κ3) is 2.50. The van der Waals surface area contributed by atoms with Gasteiger partial charge in [0.05, 0.1) is 11.6 Å². The fraction of sp³-hybridized carbons (Fsp3) is 0.571. The Morgan fingerprint density at radius 1 is 1.32 bits per heavy atom. The first-order valence-electron chi connectivity index (χ1n) is 6.35. The molecule has 1 aliphatic heterocycles. The van der Waals surface area contributed by atoms with E-state index in [-0.39, 0.29) is 5.56 Å². The first-order valence-corrected chi connectivity index (χ1v) is 6.35. The Morgan fingerprint density at radius 2 is 1.95 bits per heavy atom. The summed E-state index contributed by atoms with van der Waals surface area (Å²) in [5, 5.41) is 0. The van der Waals surface area contributed by atoms with Crippen molar-refractivity contribution in [3.05, 3.63) is 34.9 Å². The highest BCUT2D eigenvalue weighted by atomic mass is 19.1. The fourth-order valence-electron chi connectivity index (χ4n) is 2.59. The SMILES string of the molecule is COC1(C(N)c2c(F)ccc(C)c2F)CCOCC1. The van der Waals surface area contributed by atoms with Gasteiger partial charge < -0.3 is 15.2 Å². The Morgan fingerprint density at radius 3 is 2.53 bits per heavy atom. The van der Waals surface area contributed by atoms with Crippen LogP contribution in [0.4, 0.5) is 8.78 Å². The molecule has 1 aliphatic rings. The summed E-state index contributed by atoms with van der Waals surface area (Å²) >= 11 is 0. The lowest BCUT2D eigenvalue weighted by molar-refractivity contribution is -0.106. The Bertz CT molecular complexity index is 459. The molecule has 0 spiro atoms. The molecule has 1 atom stereocenters. The van der Waals surface area contributed by atoms with Crippen molar-refractivity contribution in [2.75, 3.05) is 20.3 Å². The number of hydrogen-bond acceptors (Lipinski definition) is 3. The molecule has 0 aliphatic carbocycles. The van der Waals surface area contributed by atoms with Gasteiger partial charge in [0, 0.05) is 38.7 Å². The monoisotopic (exact) mass is 271 g/mol. The molecule has 2 N–H and O–H groups in total. The molecular formula is C14H19F2NO2. The number of aryl methyl sites for hydroxylation is 1. The highest BCUT2D eigenvalue weighted by Gasteiger charge is 2.41. The Hall–Kier alpha value is -1.04. The molecule has 0 bridgehead atoms. The number of halogens is 2. The minimum atomic E-state index is -0.846. The van der Waals surface area contributed by atoms with E-state index >= 15 is 0 Å². The zero-order valence-corrected chi connectivity index (χ0v) is 11.2. The van der Waals surface area contributed by atoms with Crippen molar-refractivity contribution in [3.63, 3.8) is 0 Å². The number of hydrogen-bond donors (Lipinski definition) is 1. The van der Waals surface area contributed by atoms with Crippen molar-refractivity contribution in [3.8, 4) is 0 Å². The van der Waals surface area contributed by atoms with E-state index in [2.05, 4.69) is 0 Å². The van der Waals surface area contributed by atoms with E-state index in [0.717, 1.165) is 0 Å². The maximum atomic E-state index is 14.2. The molecule has 5 heteroatoms. The van der Waals surface area contributed by atoms with Gasteiger partial charge in [0.2, 0.25) is 0 Å². The molecule has 106 valence electrons. The molecule has 19 heavy (non-hydrogen) atoms. The number of ether oxygens (including phenoxy) is 2. The molecule has 0 amide bonds. The Labute approximate surface area is 111 Å². The summed E-state index contributed by atoms with van der Waals surface area (Å²) in [6, 6.07) is 1.81. The number of nitrogens with two attached hydrogens (primary N) is 1. The third-order valence-electron chi connectivity index (χ3n) is 3.94. The van der Waals surface area contributed by atoms with E-state index in [0.29, 0.717) is 31.6 Å². The van der Waals surface area contributed by atoms with Gasteiger partial charge in [-0.3, -0.25) is 0 Å². The van der Waals surface area contributed by atoms with E-state index in [1.807, 2.05) is 0 Å². The van der Waals surface area contributed by atoms with E-state index in [4.69, 9.17) is 15.2 Å². The number of methoxy groups -OCH3 is 1. The topological polar surface area (TPSA) is 44.5 Å². The zero-order chi connectivity index (χ0) is 14.0. The molecular weight excluding hydrogens is 252 g/mol. The van der Waals surface area contributed by atoms with Crippen LogP contribution in [0.15, 0.2) is 12.1 Å². The van der Waals surface area contributed by atoms with Gasteiger partial charge in [-0.2, -0.15) is 0 Å². The van der Waals surface area contributed by atoms with Gasteiger partial charge in [-0.15, -0.1) is 0 Å². The Balaban J connectivity index is 2.42. The highest BCUT2D eigenvalue weighted by molar-refractivity contribution is 5.31. The summed E-state index contributed by atoms with van der Waals surface area (Å²) in [6.07, 6.45) is 1.05. The smallest absolute Gasteiger partial charge is 0.133 e. The molecule has 1 fully saturated rings. The van der Waals surface area contributed by atoms with Crippen LogP contribution in [0.2, 0.25) is 0 Å².